The molecule has 0 aromatic heterocycles. The summed E-state index contributed by atoms with van der Waals surface area (Å²) in [6.07, 6.45) is 5.08. The first-order valence-electron chi connectivity index (χ1n) is 14.4. The quantitative estimate of drug-likeness (QED) is 0.232. The Bertz CT molecular complexity index is 1480. The van der Waals surface area contributed by atoms with Crippen molar-refractivity contribution in [2.45, 2.75) is 69.5 Å². The SMILES string of the molecule is CCOc1ccc(N(CC(=O)N(Cc2ccc(Br)cc2)[C@@H](C)C(=O)NC2CCCCC2)S(=O)(=O)c2ccc(Cl)cc2)cc1. The Morgan fingerprint density at radius 1 is 0.977 bits per heavy atom. The highest BCUT2D eigenvalue weighted by atomic mass is 79.9. The van der Waals surface area contributed by atoms with Crippen LogP contribution in [0.4, 0.5) is 5.69 Å². The van der Waals surface area contributed by atoms with Crippen molar-refractivity contribution >= 4 is 55.1 Å². The van der Waals surface area contributed by atoms with E-state index >= 15 is 0 Å². The van der Waals surface area contributed by atoms with E-state index < -0.39 is 28.5 Å². The smallest absolute Gasteiger partial charge is 0.264 e. The van der Waals surface area contributed by atoms with E-state index in [1.165, 1.54) is 29.2 Å². The van der Waals surface area contributed by atoms with Crippen LogP contribution in [-0.4, -0.2) is 50.4 Å². The molecule has 0 saturated heterocycles. The van der Waals surface area contributed by atoms with Gasteiger partial charge in [0.15, 0.2) is 0 Å². The first-order valence-corrected chi connectivity index (χ1v) is 17.0. The van der Waals surface area contributed by atoms with Crippen molar-refractivity contribution < 1.29 is 22.7 Å². The summed E-state index contributed by atoms with van der Waals surface area (Å²) in [4.78, 5) is 29.0. The van der Waals surface area contributed by atoms with Crippen LogP contribution in [0.25, 0.3) is 0 Å². The van der Waals surface area contributed by atoms with Crippen LogP contribution in [-0.2, 0) is 26.2 Å². The molecular formula is C32H37BrClN3O5S. The van der Waals surface area contributed by atoms with Gasteiger partial charge in [0.1, 0.15) is 18.3 Å². The Morgan fingerprint density at radius 2 is 1.60 bits per heavy atom. The molecule has 0 bridgehead atoms. The van der Waals surface area contributed by atoms with Crippen LogP contribution in [0.15, 0.2) is 82.2 Å². The van der Waals surface area contributed by atoms with E-state index in [4.69, 9.17) is 16.3 Å². The summed E-state index contributed by atoms with van der Waals surface area (Å²) >= 11 is 9.46. The maximum Gasteiger partial charge on any atom is 0.264 e. The van der Waals surface area contributed by atoms with Gasteiger partial charge in [-0.15, -0.1) is 0 Å². The van der Waals surface area contributed by atoms with E-state index in [1.807, 2.05) is 31.2 Å². The van der Waals surface area contributed by atoms with Crippen LogP contribution in [0.2, 0.25) is 5.02 Å². The molecule has 230 valence electrons. The predicted molar refractivity (Wildman–Crippen MR) is 173 cm³/mol. The second kappa shape index (κ2) is 15.1. The summed E-state index contributed by atoms with van der Waals surface area (Å²) in [5, 5.41) is 3.50. The summed E-state index contributed by atoms with van der Waals surface area (Å²) in [6.45, 7) is 3.61. The van der Waals surface area contributed by atoms with Gasteiger partial charge in [0.2, 0.25) is 11.8 Å². The lowest BCUT2D eigenvalue weighted by Crippen LogP contribution is -2.53. The number of amides is 2. The first kappa shape index (κ1) is 32.8. The molecule has 0 aliphatic heterocycles. The Kier molecular flexibility index (Phi) is 11.5. The van der Waals surface area contributed by atoms with Crippen LogP contribution in [0, 0.1) is 0 Å². The largest absolute Gasteiger partial charge is 0.494 e. The molecule has 1 N–H and O–H groups in total. The maximum absolute atomic E-state index is 14.1. The van der Waals surface area contributed by atoms with Gasteiger partial charge in [0.05, 0.1) is 17.2 Å². The molecular weight excluding hydrogens is 654 g/mol. The third-order valence-electron chi connectivity index (χ3n) is 7.50. The Labute approximate surface area is 267 Å². The second-order valence-electron chi connectivity index (χ2n) is 10.6. The fourth-order valence-electron chi connectivity index (χ4n) is 5.08. The lowest BCUT2D eigenvalue weighted by molar-refractivity contribution is -0.139. The summed E-state index contributed by atoms with van der Waals surface area (Å²) in [7, 11) is -4.19. The molecule has 1 aliphatic carbocycles. The minimum absolute atomic E-state index is 0.0128. The predicted octanol–water partition coefficient (Wildman–Crippen LogP) is 6.56. The maximum atomic E-state index is 14.1. The fourth-order valence-corrected chi connectivity index (χ4v) is 6.88. The number of carbonyl (C=O) groups excluding carboxylic acids is 2. The van der Waals surface area contributed by atoms with E-state index in [0.717, 1.165) is 46.4 Å². The van der Waals surface area contributed by atoms with Gasteiger partial charge in [-0.2, -0.15) is 0 Å². The summed E-state index contributed by atoms with van der Waals surface area (Å²) in [6, 6.07) is 19.0. The fraction of sp³-hybridized carbons (Fsp3) is 0.375. The van der Waals surface area contributed by atoms with Gasteiger partial charge >= 0.3 is 0 Å². The van der Waals surface area contributed by atoms with Crippen LogP contribution in [0.3, 0.4) is 0 Å². The molecule has 3 aromatic carbocycles. The average Bonchev–Trinajstić information content (AvgIpc) is 3.00. The average molecular weight is 691 g/mol. The van der Waals surface area contributed by atoms with E-state index in [1.54, 1.807) is 31.2 Å². The van der Waals surface area contributed by atoms with E-state index in [-0.39, 0.29) is 29.1 Å². The van der Waals surface area contributed by atoms with Gasteiger partial charge in [0, 0.05) is 22.1 Å². The van der Waals surface area contributed by atoms with E-state index in [2.05, 4.69) is 21.2 Å². The highest BCUT2D eigenvalue weighted by molar-refractivity contribution is 9.10. The molecule has 0 heterocycles. The molecule has 1 atom stereocenters. The number of nitrogens with zero attached hydrogens (tertiary/aromatic N) is 2. The standard InChI is InChI=1S/C32H37BrClN3O5S/c1-3-42-29-17-15-28(16-18-29)37(43(40,41)30-19-13-26(34)14-20-30)22-31(38)36(21-24-9-11-25(33)12-10-24)23(2)32(39)35-27-7-5-4-6-8-27/h9-20,23,27H,3-8,21-22H2,1-2H3,(H,35,39)/t23-/m0/s1. The number of hydrogen-bond acceptors (Lipinski definition) is 5. The molecule has 1 aliphatic rings. The van der Waals surface area contributed by atoms with Crippen molar-refractivity contribution in [2.24, 2.45) is 0 Å². The van der Waals surface area contributed by atoms with Crippen LogP contribution in [0.5, 0.6) is 5.75 Å². The normalized spacial score (nSPS) is 14.5. The van der Waals surface area contributed by atoms with Crippen LogP contribution < -0.4 is 14.4 Å². The lowest BCUT2D eigenvalue weighted by atomic mass is 9.95. The number of ether oxygens (including phenoxy) is 1. The molecule has 0 unspecified atom stereocenters. The van der Waals surface area contributed by atoms with Gasteiger partial charge in [0.25, 0.3) is 10.0 Å². The molecule has 0 radical (unpaired) electrons. The zero-order chi connectivity index (χ0) is 31.0. The number of hydrogen-bond donors (Lipinski definition) is 1. The Morgan fingerprint density at radius 3 is 2.21 bits per heavy atom. The summed E-state index contributed by atoms with van der Waals surface area (Å²) in [5.41, 5.74) is 1.09. The number of halogens is 2. The molecule has 3 aromatic rings. The van der Waals surface area contributed by atoms with Gasteiger partial charge < -0.3 is 15.0 Å². The molecule has 43 heavy (non-hydrogen) atoms. The molecule has 0 spiro atoms. The highest BCUT2D eigenvalue weighted by Gasteiger charge is 2.33. The Hall–Kier alpha value is -3.08. The summed E-state index contributed by atoms with van der Waals surface area (Å²) < 4.78 is 35.4. The minimum Gasteiger partial charge on any atom is -0.494 e. The van der Waals surface area contributed by atoms with Crippen LogP contribution in [0.1, 0.15) is 51.5 Å². The molecule has 1 saturated carbocycles. The minimum atomic E-state index is -4.19. The van der Waals surface area contributed by atoms with Crippen LogP contribution >= 0.6 is 27.5 Å². The third kappa shape index (κ3) is 8.74. The number of benzene rings is 3. The topological polar surface area (TPSA) is 96.0 Å². The van der Waals surface area contributed by atoms with Crippen molar-refractivity contribution in [2.75, 3.05) is 17.5 Å². The lowest BCUT2D eigenvalue weighted by Gasteiger charge is -2.33. The van der Waals surface area contributed by atoms with Gasteiger partial charge in [-0.25, -0.2) is 8.42 Å². The zero-order valence-electron chi connectivity index (χ0n) is 24.3. The van der Waals surface area contributed by atoms with Crippen molar-refractivity contribution in [1.29, 1.82) is 0 Å². The monoisotopic (exact) mass is 689 g/mol. The Balaban J connectivity index is 1.67. The number of rotatable bonds is 12. The molecule has 11 heteroatoms. The number of nitrogens with one attached hydrogen (secondary N) is 1. The van der Waals surface area contributed by atoms with Gasteiger partial charge in [-0.1, -0.05) is 58.9 Å². The van der Waals surface area contributed by atoms with Crippen molar-refractivity contribution in [3.63, 3.8) is 0 Å². The van der Waals surface area contributed by atoms with E-state index in [0.29, 0.717) is 17.4 Å². The van der Waals surface area contributed by atoms with Crippen molar-refractivity contribution in [1.82, 2.24) is 10.2 Å². The zero-order valence-corrected chi connectivity index (χ0v) is 27.5. The molecule has 1 fully saturated rings. The van der Waals surface area contributed by atoms with Gasteiger partial charge in [-0.3, -0.25) is 13.9 Å². The van der Waals surface area contributed by atoms with Gasteiger partial charge in [-0.05, 0) is 92.9 Å². The number of carbonyl (C=O) groups is 2. The first-order chi connectivity index (χ1) is 20.6. The molecule has 4 rings (SSSR count). The molecule has 2 amide bonds. The van der Waals surface area contributed by atoms with E-state index in [9.17, 15) is 18.0 Å². The van der Waals surface area contributed by atoms with Crippen molar-refractivity contribution in [3.8, 4) is 5.75 Å². The highest BCUT2D eigenvalue weighted by Crippen LogP contribution is 2.28. The van der Waals surface area contributed by atoms with Crippen molar-refractivity contribution in [3.05, 3.63) is 87.9 Å². The number of sulfonamides is 1. The molecule has 8 nitrogen and oxygen atoms in total. The second-order valence-corrected chi connectivity index (χ2v) is 13.8. The number of anilines is 1. The summed E-state index contributed by atoms with van der Waals surface area (Å²) in [5.74, 6) is -0.197. The third-order valence-corrected chi connectivity index (χ3v) is 10.1.